The Morgan fingerprint density at radius 2 is 2.19 bits per heavy atom. The molecule has 0 heterocycles. The number of amides is 1. The van der Waals surface area contributed by atoms with Gasteiger partial charge in [-0.05, 0) is 31.5 Å². The van der Waals surface area contributed by atoms with E-state index in [1.807, 2.05) is 39.8 Å². The van der Waals surface area contributed by atoms with Crippen LogP contribution in [0.15, 0.2) is 18.2 Å². The van der Waals surface area contributed by atoms with Crippen LogP contribution in [0.5, 0.6) is 0 Å². The van der Waals surface area contributed by atoms with Gasteiger partial charge in [-0.1, -0.05) is 31.5 Å². The number of hydrogen-bond donors (Lipinski definition) is 2. The summed E-state index contributed by atoms with van der Waals surface area (Å²) >= 11 is 6.08. The van der Waals surface area contributed by atoms with Crippen molar-refractivity contribution < 1.29 is 9.53 Å². The molecular weight excluding hydrogens is 288 g/mol. The Kier molecular flexibility index (Phi) is 4.34. The van der Waals surface area contributed by atoms with Gasteiger partial charge in [-0.3, -0.25) is 4.79 Å². The lowest BCUT2D eigenvalue weighted by Gasteiger charge is -2.57. The average molecular weight is 311 g/mol. The predicted molar refractivity (Wildman–Crippen MR) is 85.5 cm³/mol. The van der Waals surface area contributed by atoms with Crippen molar-refractivity contribution in [2.24, 2.45) is 11.1 Å². The van der Waals surface area contributed by atoms with E-state index in [1.165, 1.54) is 0 Å². The van der Waals surface area contributed by atoms with Crippen molar-refractivity contribution in [3.05, 3.63) is 28.8 Å². The molecule has 21 heavy (non-hydrogen) atoms. The molecule has 0 aliphatic heterocycles. The van der Waals surface area contributed by atoms with Gasteiger partial charge in [0.1, 0.15) is 5.54 Å². The van der Waals surface area contributed by atoms with Crippen LogP contribution in [0.1, 0.15) is 32.8 Å². The number of nitrogens with two attached hydrogens (primary N) is 1. The summed E-state index contributed by atoms with van der Waals surface area (Å²) in [6.07, 6.45) is 0.541. The van der Waals surface area contributed by atoms with Crippen molar-refractivity contribution in [1.82, 2.24) is 0 Å². The molecule has 1 fully saturated rings. The minimum atomic E-state index is -0.926. The van der Waals surface area contributed by atoms with Crippen molar-refractivity contribution in [1.29, 1.82) is 0 Å². The highest BCUT2D eigenvalue weighted by Gasteiger charge is 2.62. The Morgan fingerprint density at radius 3 is 2.71 bits per heavy atom. The van der Waals surface area contributed by atoms with E-state index in [0.29, 0.717) is 23.7 Å². The standard InChI is InChI=1S/C16H23ClN2O2/c1-5-21-13-9-16(18,15(13,3)4)14(20)19-11-7-6-10(2)12(17)8-11/h6-8,13H,5,9,18H2,1-4H3,(H,19,20). The highest BCUT2D eigenvalue weighted by Crippen LogP contribution is 2.50. The number of hydrogen-bond acceptors (Lipinski definition) is 3. The van der Waals surface area contributed by atoms with Crippen LogP contribution in [-0.2, 0) is 9.53 Å². The monoisotopic (exact) mass is 310 g/mol. The lowest BCUT2D eigenvalue weighted by Crippen LogP contribution is -2.74. The summed E-state index contributed by atoms with van der Waals surface area (Å²) in [5.74, 6) is -0.191. The summed E-state index contributed by atoms with van der Waals surface area (Å²) in [6, 6.07) is 5.44. The van der Waals surface area contributed by atoms with Crippen LogP contribution in [-0.4, -0.2) is 24.2 Å². The van der Waals surface area contributed by atoms with Gasteiger partial charge in [0.05, 0.1) is 6.10 Å². The van der Waals surface area contributed by atoms with Crippen molar-refractivity contribution in [2.75, 3.05) is 11.9 Å². The first-order chi connectivity index (χ1) is 9.72. The largest absolute Gasteiger partial charge is 0.378 e. The number of carbonyl (C=O) groups is 1. The van der Waals surface area contributed by atoms with Crippen molar-refractivity contribution in [3.63, 3.8) is 0 Å². The maximum absolute atomic E-state index is 12.5. The maximum Gasteiger partial charge on any atom is 0.245 e. The molecule has 1 aliphatic carbocycles. The summed E-state index contributed by atoms with van der Waals surface area (Å²) in [7, 11) is 0. The maximum atomic E-state index is 12.5. The van der Waals surface area contributed by atoms with Crippen LogP contribution in [0.4, 0.5) is 5.69 Å². The topological polar surface area (TPSA) is 64.3 Å². The first-order valence-electron chi connectivity index (χ1n) is 7.20. The molecule has 3 N–H and O–H groups in total. The minimum Gasteiger partial charge on any atom is -0.378 e. The Bertz CT molecular complexity index is 559. The van der Waals surface area contributed by atoms with E-state index >= 15 is 0 Å². The summed E-state index contributed by atoms with van der Waals surface area (Å²) in [6.45, 7) is 8.43. The number of halogens is 1. The molecule has 1 amide bonds. The first kappa shape index (κ1) is 16.3. The molecular formula is C16H23ClN2O2. The van der Waals surface area contributed by atoms with E-state index in [2.05, 4.69) is 5.32 Å². The fourth-order valence-electron chi connectivity index (χ4n) is 2.73. The molecule has 4 nitrogen and oxygen atoms in total. The van der Waals surface area contributed by atoms with Gasteiger partial charge in [-0.15, -0.1) is 0 Å². The molecule has 1 aliphatic rings. The predicted octanol–water partition coefficient (Wildman–Crippen LogP) is 3.12. The molecule has 2 rings (SSSR count). The zero-order valence-electron chi connectivity index (χ0n) is 13.0. The summed E-state index contributed by atoms with van der Waals surface area (Å²) in [5, 5.41) is 3.49. The van der Waals surface area contributed by atoms with Crippen molar-refractivity contribution in [2.45, 2.75) is 45.8 Å². The summed E-state index contributed by atoms with van der Waals surface area (Å²) in [4.78, 5) is 12.5. The Morgan fingerprint density at radius 1 is 1.52 bits per heavy atom. The third-order valence-electron chi connectivity index (χ3n) is 4.66. The van der Waals surface area contributed by atoms with Crippen molar-refractivity contribution in [3.8, 4) is 0 Å². The average Bonchev–Trinajstić information content (AvgIpc) is 2.42. The van der Waals surface area contributed by atoms with Crippen LogP contribution < -0.4 is 11.1 Å². The fraction of sp³-hybridized carbons (Fsp3) is 0.562. The highest BCUT2D eigenvalue weighted by atomic mass is 35.5. The number of ether oxygens (including phenoxy) is 1. The van der Waals surface area contributed by atoms with Crippen LogP contribution in [0.25, 0.3) is 0 Å². The SMILES string of the molecule is CCOC1CC(N)(C(=O)Nc2ccc(C)c(Cl)c2)C1(C)C. The fourth-order valence-corrected chi connectivity index (χ4v) is 2.91. The summed E-state index contributed by atoms with van der Waals surface area (Å²) in [5.41, 5.74) is 6.64. The van der Waals surface area contributed by atoms with Gasteiger partial charge in [-0.25, -0.2) is 0 Å². The van der Waals surface area contributed by atoms with E-state index in [9.17, 15) is 4.79 Å². The number of benzene rings is 1. The lowest BCUT2D eigenvalue weighted by atomic mass is 9.54. The number of aryl methyl sites for hydroxylation is 1. The van der Waals surface area contributed by atoms with Gasteiger partial charge < -0.3 is 15.8 Å². The summed E-state index contributed by atoms with van der Waals surface area (Å²) < 4.78 is 5.64. The Balaban J connectivity index is 2.12. The second kappa shape index (κ2) is 5.59. The van der Waals surface area contributed by atoms with E-state index < -0.39 is 11.0 Å². The van der Waals surface area contributed by atoms with Crippen LogP contribution in [0.2, 0.25) is 5.02 Å². The van der Waals surface area contributed by atoms with Gasteiger partial charge in [-0.2, -0.15) is 0 Å². The normalized spacial score (nSPS) is 27.0. The van der Waals surface area contributed by atoms with Gasteiger partial charge in [0, 0.05) is 29.2 Å². The van der Waals surface area contributed by atoms with Crippen LogP contribution in [0.3, 0.4) is 0 Å². The van der Waals surface area contributed by atoms with Gasteiger partial charge in [0.25, 0.3) is 0 Å². The van der Waals surface area contributed by atoms with Gasteiger partial charge in [0.15, 0.2) is 0 Å². The smallest absolute Gasteiger partial charge is 0.245 e. The molecule has 116 valence electrons. The van der Waals surface area contributed by atoms with Crippen molar-refractivity contribution >= 4 is 23.2 Å². The second-order valence-electron chi connectivity index (χ2n) is 6.26. The van der Waals surface area contributed by atoms with Gasteiger partial charge >= 0.3 is 0 Å². The minimum absolute atomic E-state index is 0.0138. The second-order valence-corrected chi connectivity index (χ2v) is 6.67. The molecule has 5 heteroatoms. The molecule has 2 unspecified atom stereocenters. The number of nitrogens with one attached hydrogen (secondary N) is 1. The van der Waals surface area contributed by atoms with E-state index in [0.717, 1.165) is 5.56 Å². The highest BCUT2D eigenvalue weighted by molar-refractivity contribution is 6.31. The number of rotatable bonds is 4. The third kappa shape index (κ3) is 2.68. The Labute approximate surface area is 131 Å². The molecule has 0 spiro atoms. The molecule has 0 saturated heterocycles. The van der Waals surface area contributed by atoms with E-state index in [4.69, 9.17) is 22.1 Å². The molecule has 2 atom stereocenters. The van der Waals surface area contributed by atoms with E-state index in [1.54, 1.807) is 6.07 Å². The van der Waals surface area contributed by atoms with Gasteiger partial charge in [0.2, 0.25) is 5.91 Å². The lowest BCUT2D eigenvalue weighted by molar-refractivity contribution is -0.166. The first-order valence-corrected chi connectivity index (χ1v) is 7.58. The van der Waals surface area contributed by atoms with Crippen LogP contribution in [0, 0.1) is 12.3 Å². The molecule has 0 aromatic heterocycles. The Hall–Kier alpha value is -1.10. The number of anilines is 1. The van der Waals surface area contributed by atoms with E-state index in [-0.39, 0.29) is 12.0 Å². The van der Waals surface area contributed by atoms with Crippen LogP contribution >= 0.6 is 11.6 Å². The quantitative estimate of drug-likeness (QED) is 0.898. The zero-order valence-corrected chi connectivity index (χ0v) is 13.8. The molecule has 1 aromatic carbocycles. The zero-order chi connectivity index (χ0) is 15.8. The third-order valence-corrected chi connectivity index (χ3v) is 5.07. The molecule has 1 aromatic rings. The molecule has 1 saturated carbocycles. The number of carbonyl (C=O) groups excluding carboxylic acids is 1. The molecule has 0 bridgehead atoms. The molecule has 0 radical (unpaired) electrons.